The average molecular weight is 258 g/mol. The van der Waals surface area contributed by atoms with Gasteiger partial charge >= 0.3 is 0 Å². The average Bonchev–Trinajstić information content (AvgIpc) is 2.71. The third-order valence-corrected chi connectivity index (χ3v) is 3.84. The quantitative estimate of drug-likeness (QED) is 0.846. The number of nitrogens with zero attached hydrogens (tertiary/aromatic N) is 2. The minimum absolute atomic E-state index is 0.372. The lowest BCUT2D eigenvalue weighted by atomic mass is 10.1. The number of ether oxygens (including phenoxy) is 1. The van der Waals surface area contributed by atoms with Crippen molar-refractivity contribution < 1.29 is 4.74 Å². The highest BCUT2D eigenvalue weighted by Crippen LogP contribution is 2.30. The molecule has 1 aromatic carbocycles. The van der Waals surface area contributed by atoms with E-state index in [1.54, 1.807) is 18.4 Å². The molecule has 0 unspecified atom stereocenters. The van der Waals surface area contributed by atoms with Gasteiger partial charge in [-0.15, -0.1) is 11.3 Å². The van der Waals surface area contributed by atoms with E-state index in [0.29, 0.717) is 6.42 Å². The van der Waals surface area contributed by atoms with Crippen LogP contribution in [-0.2, 0) is 6.42 Å². The zero-order valence-electron chi connectivity index (χ0n) is 10.7. The van der Waals surface area contributed by atoms with E-state index in [1.165, 1.54) is 0 Å². The van der Waals surface area contributed by atoms with Crippen molar-refractivity contribution in [1.29, 1.82) is 5.26 Å². The van der Waals surface area contributed by atoms with Crippen LogP contribution < -0.4 is 4.74 Å². The number of methoxy groups -OCH3 is 1. The van der Waals surface area contributed by atoms with Crippen LogP contribution in [0.5, 0.6) is 5.75 Å². The summed E-state index contributed by atoms with van der Waals surface area (Å²) in [5.41, 5.74) is 3.04. The van der Waals surface area contributed by atoms with Crippen LogP contribution in [0.15, 0.2) is 18.2 Å². The molecule has 4 heteroatoms. The number of thiazole rings is 1. The van der Waals surface area contributed by atoms with Gasteiger partial charge in [0.25, 0.3) is 0 Å². The molecule has 0 bridgehead atoms. The Balaban J connectivity index is 2.40. The van der Waals surface area contributed by atoms with Crippen LogP contribution in [0.25, 0.3) is 10.6 Å². The second-order valence-electron chi connectivity index (χ2n) is 4.04. The second kappa shape index (κ2) is 5.19. The Morgan fingerprint density at radius 3 is 2.78 bits per heavy atom. The molecule has 0 N–H and O–H groups in total. The van der Waals surface area contributed by atoms with Crippen LogP contribution in [0.3, 0.4) is 0 Å². The van der Waals surface area contributed by atoms with Crippen molar-refractivity contribution in [3.05, 3.63) is 34.3 Å². The largest absolute Gasteiger partial charge is 0.496 e. The number of nitriles is 1. The molecular formula is C14H14N2OS. The first kappa shape index (κ1) is 12.6. The van der Waals surface area contributed by atoms with Gasteiger partial charge in [-0.05, 0) is 37.6 Å². The summed E-state index contributed by atoms with van der Waals surface area (Å²) in [5, 5.41) is 9.70. The van der Waals surface area contributed by atoms with E-state index in [4.69, 9.17) is 10.00 Å². The fraction of sp³-hybridized carbons (Fsp3) is 0.286. The molecule has 18 heavy (non-hydrogen) atoms. The molecule has 3 nitrogen and oxygen atoms in total. The van der Waals surface area contributed by atoms with E-state index in [0.717, 1.165) is 32.5 Å². The summed E-state index contributed by atoms with van der Waals surface area (Å²) in [6, 6.07) is 8.16. The number of hydrogen-bond acceptors (Lipinski definition) is 4. The molecule has 0 saturated heterocycles. The lowest BCUT2D eigenvalue weighted by Gasteiger charge is -2.05. The zero-order valence-corrected chi connectivity index (χ0v) is 11.5. The molecule has 1 heterocycles. The molecule has 2 rings (SSSR count). The van der Waals surface area contributed by atoms with Crippen molar-refractivity contribution in [3.8, 4) is 22.4 Å². The Kier molecular flexibility index (Phi) is 3.63. The van der Waals surface area contributed by atoms with Gasteiger partial charge in [0.05, 0.1) is 25.3 Å². The summed E-state index contributed by atoms with van der Waals surface area (Å²) in [5.74, 6) is 0.879. The Bertz CT molecular complexity index is 611. The van der Waals surface area contributed by atoms with Gasteiger partial charge in [0.2, 0.25) is 0 Å². The number of benzene rings is 1. The van der Waals surface area contributed by atoms with Gasteiger partial charge in [0, 0.05) is 10.4 Å². The number of aryl methyl sites for hydroxylation is 2. The van der Waals surface area contributed by atoms with Gasteiger partial charge in [-0.3, -0.25) is 0 Å². The Labute approximate surface area is 111 Å². The SMILES string of the molecule is COc1ccc(-c2nc(CC#N)c(C)s2)cc1C. The fourth-order valence-electron chi connectivity index (χ4n) is 1.80. The molecule has 0 atom stereocenters. The van der Waals surface area contributed by atoms with Crippen molar-refractivity contribution in [1.82, 2.24) is 4.98 Å². The minimum Gasteiger partial charge on any atom is -0.496 e. The molecule has 0 aliphatic heterocycles. The first-order chi connectivity index (χ1) is 8.65. The molecule has 0 aliphatic rings. The summed E-state index contributed by atoms with van der Waals surface area (Å²) in [4.78, 5) is 5.63. The van der Waals surface area contributed by atoms with Crippen molar-refractivity contribution in [3.63, 3.8) is 0 Å². The second-order valence-corrected chi connectivity index (χ2v) is 5.24. The number of hydrogen-bond donors (Lipinski definition) is 0. The molecule has 1 aromatic heterocycles. The van der Waals surface area contributed by atoms with E-state index in [-0.39, 0.29) is 0 Å². The van der Waals surface area contributed by atoms with Crippen LogP contribution in [0.2, 0.25) is 0 Å². The van der Waals surface area contributed by atoms with Gasteiger partial charge in [-0.1, -0.05) is 0 Å². The molecule has 2 aromatic rings. The smallest absolute Gasteiger partial charge is 0.123 e. The molecule has 0 aliphatic carbocycles. The predicted molar refractivity (Wildman–Crippen MR) is 72.9 cm³/mol. The Hall–Kier alpha value is -1.86. The standard InChI is InChI=1S/C14H14N2OS/c1-9-8-11(4-5-13(9)17-3)14-16-12(6-7-15)10(2)18-14/h4-5,8H,6H2,1-3H3. The first-order valence-electron chi connectivity index (χ1n) is 5.64. The maximum Gasteiger partial charge on any atom is 0.123 e. The predicted octanol–water partition coefficient (Wildman–Crippen LogP) is 3.50. The van der Waals surface area contributed by atoms with Gasteiger partial charge in [-0.2, -0.15) is 5.26 Å². The summed E-state index contributed by atoms with van der Waals surface area (Å²) in [6.07, 6.45) is 0.372. The molecule has 0 radical (unpaired) electrons. The van der Waals surface area contributed by atoms with E-state index < -0.39 is 0 Å². The normalized spacial score (nSPS) is 10.1. The van der Waals surface area contributed by atoms with E-state index in [2.05, 4.69) is 17.1 Å². The maximum atomic E-state index is 8.73. The number of aromatic nitrogens is 1. The topological polar surface area (TPSA) is 45.9 Å². The van der Waals surface area contributed by atoms with Crippen LogP contribution in [0.1, 0.15) is 16.1 Å². The lowest BCUT2D eigenvalue weighted by molar-refractivity contribution is 0.412. The third-order valence-electron chi connectivity index (χ3n) is 2.78. The lowest BCUT2D eigenvalue weighted by Crippen LogP contribution is -1.88. The van der Waals surface area contributed by atoms with E-state index in [1.807, 2.05) is 26.0 Å². The van der Waals surface area contributed by atoms with E-state index >= 15 is 0 Å². The van der Waals surface area contributed by atoms with Crippen LogP contribution in [0, 0.1) is 25.2 Å². The summed E-state index contributed by atoms with van der Waals surface area (Å²) in [7, 11) is 1.67. The van der Waals surface area contributed by atoms with Gasteiger partial charge in [0.1, 0.15) is 10.8 Å². The number of rotatable bonds is 3. The molecule has 0 saturated carbocycles. The summed E-state index contributed by atoms with van der Waals surface area (Å²) in [6.45, 7) is 4.02. The molecular weight excluding hydrogens is 244 g/mol. The molecule has 92 valence electrons. The minimum atomic E-state index is 0.372. The highest BCUT2D eigenvalue weighted by Gasteiger charge is 2.10. The summed E-state index contributed by atoms with van der Waals surface area (Å²) >= 11 is 1.63. The van der Waals surface area contributed by atoms with Crippen LogP contribution in [0.4, 0.5) is 0 Å². The fourth-order valence-corrected chi connectivity index (χ4v) is 2.73. The van der Waals surface area contributed by atoms with E-state index in [9.17, 15) is 0 Å². The first-order valence-corrected chi connectivity index (χ1v) is 6.45. The van der Waals surface area contributed by atoms with Crippen molar-refractivity contribution in [2.24, 2.45) is 0 Å². The highest BCUT2D eigenvalue weighted by molar-refractivity contribution is 7.15. The molecule has 0 spiro atoms. The Morgan fingerprint density at radius 1 is 1.39 bits per heavy atom. The zero-order chi connectivity index (χ0) is 13.1. The van der Waals surface area contributed by atoms with Crippen LogP contribution in [-0.4, -0.2) is 12.1 Å². The van der Waals surface area contributed by atoms with Gasteiger partial charge in [0.15, 0.2) is 0 Å². The Morgan fingerprint density at radius 2 is 2.17 bits per heavy atom. The van der Waals surface area contributed by atoms with Crippen LogP contribution >= 0.6 is 11.3 Å². The van der Waals surface area contributed by atoms with Gasteiger partial charge < -0.3 is 4.74 Å². The third kappa shape index (κ3) is 2.36. The summed E-state index contributed by atoms with van der Waals surface area (Å²) < 4.78 is 5.24. The highest BCUT2D eigenvalue weighted by atomic mass is 32.1. The maximum absolute atomic E-state index is 8.73. The van der Waals surface area contributed by atoms with Gasteiger partial charge in [-0.25, -0.2) is 4.98 Å². The van der Waals surface area contributed by atoms with Crippen molar-refractivity contribution >= 4 is 11.3 Å². The monoisotopic (exact) mass is 258 g/mol. The van der Waals surface area contributed by atoms with Crippen molar-refractivity contribution in [2.75, 3.05) is 7.11 Å². The molecule has 0 fully saturated rings. The van der Waals surface area contributed by atoms with Crippen molar-refractivity contribution in [2.45, 2.75) is 20.3 Å². The molecule has 0 amide bonds.